The zero-order chi connectivity index (χ0) is 16.2. The fraction of sp³-hybridized carbons (Fsp3) is 0.562. The summed E-state index contributed by atoms with van der Waals surface area (Å²) in [5, 5.41) is 0. The molecule has 1 aromatic carbocycles. The van der Waals surface area contributed by atoms with E-state index in [2.05, 4.69) is 4.74 Å². The zero-order valence-electron chi connectivity index (χ0n) is 12.5. The van der Waals surface area contributed by atoms with Crippen LogP contribution < -0.4 is 0 Å². The molecule has 1 unspecified atom stereocenters. The minimum Gasteiger partial charge on any atom is -0.372 e. The van der Waals surface area contributed by atoms with Gasteiger partial charge in [0, 0.05) is 6.54 Å². The molecule has 1 aromatic rings. The molecule has 0 saturated carbocycles. The Balaban J connectivity index is 1.87. The number of carbonyl (C=O) groups is 1. The van der Waals surface area contributed by atoms with Crippen molar-refractivity contribution in [2.24, 2.45) is 0 Å². The van der Waals surface area contributed by atoms with Crippen LogP contribution in [0.25, 0.3) is 0 Å². The van der Waals surface area contributed by atoms with Gasteiger partial charge in [-0.25, -0.2) is 0 Å². The number of rotatable bonds is 5. The number of hydrogen-bond acceptors (Lipinski definition) is 2. The van der Waals surface area contributed by atoms with Gasteiger partial charge in [-0.2, -0.15) is 13.2 Å². The first-order chi connectivity index (χ1) is 10.4. The molecule has 0 radical (unpaired) electrons. The molecule has 122 valence electrons. The number of nitrogens with zero attached hydrogens (tertiary/aromatic N) is 1. The van der Waals surface area contributed by atoms with Crippen molar-refractivity contribution in [1.82, 2.24) is 4.90 Å². The molecular weight excluding hydrogens is 295 g/mol. The van der Waals surface area contributed by atoms with Gasteiger partial charge in [-0.15, -0.1) is 0 Å². The molecule has 0 N–H and O–H groups in total. The molecule has 0 aromatic heterocycles. The van der Waals surface area contributed by atoms with Crippen LogP contribution >= 0.6 is 0 Å². The fourth-order valence-electron chi connectivity index (χ4n) is 2.69. The van der Waals surface area contributed by atoms with E-state index in [0.717, 1.165) is 24.0 Å². The SMILES string of the molecule is Cc1ccc(C2CCCN2C(=O)CCOCC(F)(F)F)cc1. The molecule has 3 nitrogen and oxygen atoms in total. The van der Waals surface area contributed by atoms with E-state index in [0.29, 0.717) is 6.54 Å². The van der Waals surface area contributed by atoms with E-state index in [4.69, 9.17) is 0 Å². The van der Waals surface area contributed by atoms with Gasteiger partial charge >= 0.3 is 6.18 Å². The number of carbonyl (C=O) groups excluding carboxylic acids is 1. The standard InChI is InChI=1S/C16H20F3NO2/c1-12-4-6-13(7-5-12)14-3-2-9-20(14)15(21)8-10-22-11-16(17,18)19/h4-7,14H,2-3,8-11H2,1H3. The Kier molecular flexibility index (Phi) is 5.45. The van der Waals surface area contributed by atoms with Gasteiger partial charge in [-0.05, 0) is 25.3 Å². The molecule has 6 heteroatoms. The first kappa shape index (κ1) is 16.8. The highest BCUT2D eigenvalue weighted by Crippen LogP contribution is 2.32. The maximum atomic E-state index is 12.2. The summed E-state index contributed by atoms with van der Waals surface area (Å²) in [6.45, 7) is 1.15. The van der Waals surface area contributed by atoms with Crippen LogP contribution in [0.15, 0.2) is 24.3 Å². The third kappa shape index (κ3) is 4.73. The predicted octanol–water partition coefficient (Wildman–Crippen LogP) is 3.63. The Bertz CT molecular complexity index is 499. The van der Waals surface area contributed by atoms with Crippen LogP contribution in [0.5, 0.6) is 0 Å². The van der Waals surface area contributed by atoms with Crippen molar-refractivity contribution in [2.45, 2.75) is 38.4 Å². The monoisotopic (exact) mass is 315 g/mol. The van der Waals surface area contributed by atoms with Crippen LogP contribution in [0.1, 0.15) is 36.4 Å². The maximum Gasteiger partial charge on any atom is 0.411 e. The molecule has 0 aliphatic carbocycles. The van der Waals surface area contributed by atoms with Crippen molar-refractivity contribution >= 4 is 5.91 Å². The average Bonchev–Trinajstić information content (AvgIpc) is 2.92. The third-order valence-electron chi connectivity index (χ3n) is 3.76. The first-order valence-electron chi connectivity index (χ1n) is 7.37. The van der Waals surface area contributed by atoms with Crippen molar-refractivity contribution in [3.05, 3.63) is 35.4 Å². The van der Waals surface area contributed by atoms with Crippen LogP contribution in [0.2, 0.25) is 0 Å². The van der Waals surface area contributed by atoms with E-state index >= 15 is 0 Å². The van der Waals surface area contributed by atoms with Gasteiger partial charge in [-0.1, -0.05) is 29.8 Å². The van der Waals surface area contributed by atoms with Crippen LogP contribution in [-0.2, 0) is 9.53 Å². The van der Waals surface area contributed by atoms with E-state index in [-0.39, 0.29) is 25.0 Å². The molecular formula is C16H20F3NO2. The Morgan fingerprint density at radius 2 is 2.00 bits per heavy atom. The van der Waals surface area contributed by atoms with Crippen molar-refractivity contribution in [2.75, 3.05) is 19.8 Å². The Hall–Kier alpha value is -1.56. The van der Waals surface area contributed by atoms with Crippen LogP contribution in [0.3, 0.4) is 0 Å². The number of hydrogen-bond donors (Lipinski definition) is 0. The summed E-state index contributed by atoms with van der Waals surface area (Å²) in [5.74, 6) is -0.148. The normalized spacial score (nSPS) is 18.7. The van der Waals surface area contributed by atoms with Crippen molar-refractivity contribution in [1.29, 1.82) is 0 Å². The van der Waals surface area contributed by atoms with E-state index < -0.39 is 12.8 Å². The number of alkyl halides is 3. The molecule has 0 spiro atoms. The molecule has 1 aliphatic heterocycles. The fourth-order valence-corrected chi connectivity index (χ4v) is 2.69. The molecule has 1 amide bonds. The number of benzene rings is 1. The molecule has 1 fully saturated rings. The van der Waals surface area contributed by atoms with Crippen molar-refractivity contribution in [3.63, 3.8) is 0 Å². The smallest absolute Gasteiger partial charge is 0.372 e. The summed E-state index contributed by atoms with van der Waals surface area (Å²) >= 11 is 0. The van der Waals surface area contributed by atoms with Gasteiger partial charge in [0.05, 0.1) is 19.1 Å². The Morgan fingerprint density at radius 1 is 1.32 bits per heavy atom. The lowest BCUT2D eigenvalue weighted by atomic mass is 10.0. The number of likely N-dealkylation sites (tertiary alicyclic amines) is 1. The molecule has 1 heterocycles. The number of aryl methyl sites for hydroxylation is 1. The Labute approximate surface area is 128 Å². The second-order valence-corrected chi connectivity index (χ2v) is 5.57. The maximum absolute atomic E-state index is 12.2. The van der Waals surface area contributed by atoms with Crippen molar-refractivity contribution in [3.8, 4) is 0 Å². The number of amides is 1. The molecule has 2 rings (SSSR count). The van der Waals surface area contributed by atoms with Gasteiger partial charge in [0.15, 0.2) is 0 Å². The number of ether oxygens (including phenoxy) is 1. The van der Waals surface area contributed by atoms with Gasteiger partial charge in [0.1, 0.15) is 6.61 Å². The van der Waals surface area contributed by atoms with Crippen LogP contribution in [0, 0.1) is 6.92 Å². The summed E-state index contributed by atoms with van der Waals surface area (Å²) < 4.78 is 40.4. The van der Waals surface area contributed by atoms with Gasteiger partial charge < -0.3 is 9.64 Å². The second-order valence-electron chi connectivity index (χ2n) is 5.57. The summed E-state index contributed by atoms with van der Waals surface area (Å²) in [7, 11) is 0. The lowest BCUT2D eigenvalue weighted by molar-refractivity contribution is -0.175. The van der Waals surface area contributed by atoms with Crippen LogP contribution in [-0.4, -0.2) is 36.7 Å². The Morgan fingerprint density at radius 3 is 2.64 bits per heavy atom. The largest absolute Gasteiger partial charge is 0.411 e. The van der Waals surface area contributed by atoms with E-state index in [1.165, 1.54) is 0 Å². The lowest BCUT2D eigenvalue weighted by Crippen LogP contribution is -2.31. The summed E-state index contributed by atoms with van der Waals surface area (Å²) in [6, 6.07) is 8.04. The molecule has 22 heavy (non-hydrogen) atoms. The van der Waals surface area contributed by atoms with E-state index in [1.807, 2.05) is 31.2 Å². The number of halogens is 3. The topological polar surface area (TPSA) is 29.5 Å². The highest BCUT2D eigenvalue weighted by Gasteiger charge is 2.30. The summed E-state index contributed by atoms with van der Waals surface area (Å²) in [5.41, 5.74) is 2.23. The third-order valence-corrected chi connectivity index (χ3v) is 3.76. The lowest BCUT2D eigenvalue weighted by Gasteiger charge is -2.25. The van der Waals surface area contributed by atoms with Gasteiger partial charge in [0.2, 0.25) is 5.91 Å². The van der Waals surface area contributed by atoms with Gasteiger partial charge in [-0.3, -0.25) is 4.79 Å². The quantitative estimate of drug-likeness (QED) is 0.777. The highest BCUT2D eigenvalue weighted by molar-refractivity contribution is 5.77. The molecule has 1 atom stereocenters. The van der Waals surface area contributed by atoms with Crippen LogP contribution in [0.4, 0.5) is 13.2 Å². The second kappa shape index (κ2) is 7.13. The van der Waals surface area contributed by atoms with E-state index in [1.54, 1.807) is 4.90 Å². The first-order valence-corrected chi connectivity index (χ1v) is 7.37. The summed E-state index contributed by atoms with van der Waals surface area (Å²) in [4.78, 5) is 13.9. The highest BCUT2D eigenvalue weighted by atomic mass is 19.4. The molecule has 1 saturated heterocycles. The summed E-state index contributed by atoms with van der Waals surface area (Å²) in [6.07, 6.45) is -2.56. The predicted molar refractivity (Wildman–Crippen MR) is 76.4 cm³/mol. The minimum atomic E-state index is -4.35. The average molecular weight is 315 g/mol. The molecule has 1 aliphatic rings. The van der Waals surface area contributed by atoms with E-state index in [9.17, 15) is 18.0 Å². The zero-order valence-corrected chi connectivity index (χ0v) is 12.5. The van der Waals surface area contributed by atoms with Crippen molar-refractivity contribution < 1.29 is 22.7 Å². The van der Waals surface area contributed by atoms with Gasteiger partial charge in [0.25, 0.3) is 0 Å². The molecule has 0 bridgehead atoms. The minimum absolute atomic E-state index is 0.0154.